The molecule has 1 saturated carbocycles. The van der Waals surface area contributed by atoms with Gasteiger partial charge in [-0.3, -0.25) is 0 Å². The van der Waals surface area contributed by atoms with Crippen molar-refractivity contribution in [1.82, 2.24) is 5.32 Å². The molecule has 1 aliphatic rings. The third-order valence-corrected chi connectivity index (χ3v) is 4.91. The van der Waals surface area contributed by atoms with Crippen LogP contribution in [0.4, 0.5) is 0 Å². The molecule has 0 amide bonds. The molecular weight excluding hydrogens is 266 g/mol. The van der Waals surface area contributed by atoms with Gasteiger partial charge < -0.3 is 5.32 Å². The Morgan fingerprint density at radius 1 is 1.20 bits per heavy atom. The molecule has 1 fully saturated rings. The molecule has 1 aromatic carbocycles. The van der Waals surface area contributed by atoms with Gasteiger partial charge in [0.25, 0.3) is 0 Å². The van der Waals surface area contributed by atoms with Crippen LogP contribution >= 0.6 is 11.6 Å². The van der Waals surface area contributed by atoms with Crippen LogP contribution in [0.3, 0.4) is 0 Å². The van der Waals surface area contributed by atoms with Gasteiger partial charge in [-0.2, -0.15) is 0 Å². The predicted octanol–water partition coefficient (Wildman–Crippen LogP) is 5.37. The molecular formula is C18H28ClN. The topological polar surface area (TPSA) is 12.0 Å². The lowest BCUT2D eigenvalue weighted by atomic mass is 9.72. The summed E-state index contributed by atoms with van der Waals surface area (Å²) >= 11 is 6.11. The van der Waals surface area contributed by atoms with Crippen molar-refractivity contribution in [2.24, 2.45) is 17.8 Å². The van der Waals surface area contributed by atoms with E-state index >= 15 is 0 Å². The first-order valence-corrected chi connectivity index (χ1v) is 8.38. The second-order valence-corrected chi connectivity index (χ2v) is 7.15. The summed E-state index contributed by atoms with van der Waals surface area (Å²) in [5.74, 6) is 2.43. The summed E-state index contributed by atoms with van der Waals surface area (Å²) in [5.41, 5.74) is 2.75. The lowest BCUT2D eigenvalue weighted by Crippen LogP contribution is -2.33. The Balaban J connectivity index is 2.25. The average molecular weight is 294 g/mol. The SMILES string of the molecule is CCNC(c1ccc(Cl)cc1C)C1CC(C)CC(C)C1. The van der Waals surface area contributed by atoms with E-state index in [1.807, 2.05) is 6.07 Å². The minimum Gasteiger partial charge on any atom is -0.310 e. The lowest BCUT2D eigenvalue weighted by Gasteiger charge is -2.37. The van der Waals surface area contributed by atoms with Crippen LogP contribution < -0.4 is 5.32 Å². The molecule has 0 bridgehead atoms. The van der Waals surface area contributed by atoms with Crippen molar-refractivity contribution in [3.05, 3.63) is 34.3 Å². The molecule has 1 N–H and O–H groups in total. The first-order chi connectivity index (χ1) is 9.51. The first kappa shape index (κ1) is 15.9. The minimum atomic E-state index is 0.475. The Kier molecular flexibility index (Phi) is 5.51. The van der Waals surface area contributed by atoms with Crippen LogP contribution in [0, 0.1) is 24.7 Å². The maximum Gasteiger partial charge on any atom is 0.0408 e. The standard InChI is InChI=1S/C18H28ClN/c1-5-20-18(15-9-12(2)8-13(3)10-15)17-7-6-16(19)11-14(17)4/h6-7,11-13,15,18,20H,5,8-10H2,1-4H3. The Labute approximate surface area is 129 Å². The highest BCUT2D eigenvalue weighted by Gasteiger charge is 2.31. The highest BCUT2D eigenvalue weighted by atomic mass is 35.5. The predicted molar refractivity (Wildman–Crippen MR) is 88.3 cm³/mol. The third kappa shape index (κ3) is 3.77. The Hall–Kier alpha value is -0.530. The maximum absolute atomic E-state index is 6.11. The number of halogens is 1. The quantitative estimate of drug-likeness (QED) is 0.787. The van der Waals surface area contributed by atoms with Gasteiger partial charge in [0.1, 0.15) is 0 Å². The average Bonchev–Trinajstić information content (AvgIpc) is 2.35. The van der Waals surface area contributed by atoms with E-state index in [1.54, 1.807) is 0 Å². The zero-order chi connectivity index (χ0) is 14.7. The highest BCUT2D eigenvalue weighted by molar-refractivity contribution is 6.30. The van der Waals surface area contributed by atoms with Crippen LogP contribution in [-0.2, 0) is 0 Å². The van der Waals surface area contributed by atoms with Gasteiger partial charge in [-0.1, -0.05) is 38.4 Å². The summed E-state index contributed by atoms with van der Waals surface area (Å²) < 4.78 is 0. The van der Waals surface area contributed by atoms with Crippen molar-refractivity contribution >= 4 is 11.6 Å². The first-order valence-electron chi connectivity index (χ1n) is 8.00. The van der Waals surface area contributed by atoms with E-state index in [0.717, 1.165) is 29.3 Å². The fourth-order valence-electron chi connectivity index (χ4n) is 4.02. The molecule has 1 aromatic rings. The summed E-state index contributed by atoms with van der Waals surface area (Å²) in [6, 6.07) is 6.82. The van der Waals surface area contributed by atoms with Crippen LogP contribution in [0.25, 0.3) is 0 Å². The molecule has 2 rings (SSSR count). The fourth-order valence-corrected chi connectivity index (χ4v) is 4.25. The van der Waals surface area contributed by atoms with Crippen molar-refractivity contribution in [1.29, 1.82) is 0 Å². The van der Waals surface area contributed by atoms with Gasteiger partial charge >= 0.3 is 0 Å². The van der Waals surface area contributed by atoms with Crippen LogP contribution in [0.5, 0.6) is 0 Å². The van der Waals surface area contributed by atoms with Gasteiger partial charge in [-0.25, -0.2) is 0 Å². The molecule has 1 nitrogen and oxygen atoms in total. The van der Waals surface area contributed by atoms with Gasteiger partial charge in [-0.05, 0) is 73.7 Å². The van der Waals surface area contributed by atoms with Gasteiger partial charge in [0.05, 0.1) is 0 Å². The summed E-state index contributed by atoms with van der Waals surface area (Å²) in [5, 5.41) is 4.57. The number of hydrogen-bond acceptors (Lipinski definition) is 1. The van der Waals surface area contributed by atoms with Crippen molar-refractivity contribution in [3.8, 4) is 0 Å². The van der Waals surface area contributed by atoms with E-state index in [4.69, 9.17) is 11.6 Å². The second kappa shape index (κ2) is 6.95. The molecule has 112 valence electrons. The molecule has 2 heteroatoms. The normalized spacial score (nSPS) is 28.4. The van der Waals surface area contributed by atoms with E-state index in [0.29, 0.717) is 6.04 Å². The van der Waals surface area contributed by atoms with Crippen molar-refractivity contribution in [2.45, 2.75) is 53.0 Å². The summed E-state index contributed by atoms with van der Waals surface area (Å²) in [7, 11) is 0. The molecule has 3 atom stereocenters. The smallest absolute Gasteiger partial charge is 0.0408 e. The van der Waals surface area contributed by atoms with Crippen LogP contribution in [0.2, 0.25) is 5.02 Å². The van der Waals surface area contributed by atoms with Crippen LogP contribution in [0.15, 0.2) is 18.2 Å². The van der Waals surface area contributed by atoms with Crippen molar-refractivity contribution < 1.29 is 0 Å². The van der Waals surface area contributed by atoms with Crippen LogP contribution in [0.1, 0.15) is 57.2 Å². The zero-order valence-corrected chi connectivity index (χ0v) is 14.0. The van der Waals surface area contributed by atoms with Crippen molar-refractivity contribution in [2.75, 3.05) is 6.54 Å². The number of benzene rings is 1. The van der Waals surface area contributed by atoms with E-state index in [9.17, 15) is 0 Å². The number of aryl methyl sites for hydroxylation is 1. The molecule has 20 heavy (non-hydrogen) atoms. The van der Waals surface area contributed by atoms with Crippen molar-refractivity contribution in [3.63, 3.8) is 0 Å². The summed E-state index contributed by atoms with van der Waals surface area (Å²) in [4.78, 5) is 0. The summed E-state index contributed by atoms with van der Waals surface area (Å²) in [6.07, 6.45) is 4.06. The minimum absolute atomic E-state index is 0.475. The van der Waals surface area contributed by atoms with Gasteiger partial charge in [0.2, 0.25) is 0 Å². The van der Waals surface area contributed by atoms with E-state index in [2.05, 4.69) is 45.1 Å². The number of rotatable bonds is 4. The van der Waals surface area contributed by atoms with Gasteiger partial charge in [-0.15, -0.1) is 0 Å². The maximum atomic E-state index is 6.11. The molecule has 0 aliphatic heterocycles. The lowest BCUT2D eigenvalue weighted by molar-refractivity contribution is 0.177. The molecule has 0 radical (unpaired) electrons. The Bertz CT molecular complexity index is 433. The van der Waals surface area contributed by atoms with Gasteiger partial charge in [0, 0.05) is 11.1 Å². The Morgan fingerprint density at radius 2 is 1.85 bits per heavy atom. The monoisotopic (exact) mass is 293 g/mol. The van der Waals surface area contributed by atoms with E-state index in [1.165, 1.54) is 30.4 Å². The van der Waals surface area contributed by atoms with E-state index < -0.39 is 0 Å². The largest absolute Gasteiger partial charge is 0.310 e. The molecule has 0 aromatic heterocycles. The molecule has 0 spiro atoms. The Morgan fingerprint density at radius 3 is 2.40 bits per heavy atom. The zero-order valence-electron chi connectivity index (χ0n) is 13.2. The number of nitrogens with one attached hydrogen (secondary N) is 1. The highest BCUT2D eigenvalue weighted by Crippen LogP contribution is 2.40. The molecule has 3 unspecified atom stereocenters. The molecule has 0 saturated heterocycles. The summed E-state index contributed by atoms with van der Waals surface area (Å²) in [6.45, 7) is 10.2. The molecule has 1 aliphatic carbocycles. The second-order valence-electron chi connectivity index (χ2n) is 6.71. The van der Waals surface area contributed by atoms with Crippen LogP contribution in [-0.4, -0.2) is 6.54 Å². The fraction of sp³-hybridized carbons (Fsp3) is 0.667. The third-order valence-electron chi connectivity index (χ3n) is 4.68. The molecule has 0 heterocycles. The van der Waals surface area contributed by atoms with Gasteiger partial charge in [0.15, 0.2) is 0 Å². The number of hydrogen-bond donors (Lipinski definition) is 1. The van der Waals surface area contributed by atoms with E-state index in [-0.39, 0.29) is 0 Å².